The van der Waals surface area contributed by atoms with E-state index in [9.17, 15) is 0 Å². The Morgan fingerprint density at radius 2 is 1.62 bits per heavy atom. The number of fused-ring (bicyclic) bond motifs is 1. The third-order valence-corrected chi connectivity index (χ3v) is 6.90. The molecule has 0 saturated carbocycles. The monoisotopic (exact) mass is 491 g/mol. The van der Waals surface area contributed by atoms with Crippen LogP contribution in [0.3, 0.4) is 0 Å². The molecule has 2 heterocycles. The van der Waals surface area contributed by atoms with Gasteiger partial charge < -0.3 is 10.2 Å². The van der Waals surface area contributed by atoms with Gasteiger partial charge in [0.25, 0.3) is 0 Å². The van der Waals surface area contributed by atoms with Crippen LogP contribution in [0, 0.1) is 0 Å². The van der Waals surface area contributed by atoms with E-state index in [0.717, 1.165) is 66.0 Å². The number of para-hydroxylation sites is 1. The first kappa shape index (κ1) is 22.9. The summed E-state index contributed by atoms with van der Waals surface area (Å²) in [5, 5.41) is 6.04. The molecule has 1 unspecified atom stereocenters. The highest BCUT2D eigenvalue weighted by atomic mass is 35.5. The quantitative estimate of drug-likeness (QED) is 0.336. The number of hydrogen-bond acceptors (Lipinski definition) is 5. The van der Waals surface area contributed by atoms with E-state index in [1.807, 2.05) is 36.4 Å². The number of nitrogens with zero attached hydrogens (tertiary/aromatic N) is 4. The zero-order valence-electron chi connectivity index (χ0n) is 19.1. The minimum atomic E-state index is 0.133. The lowest BCUT2D eigenvalue weighted by Crippen LogP contribution is -2.46. The number of nitrogens with one attached hydrogen (secondary N) is 1. The van der Waals surface area contributed by atoms with Crippen molar-refractivity contribution in [2.75, 3.05) is 36.4 Å². The van der Waals surface area contributed by atoms with E-state index in [1.54, 1.807) is 0 Å². The van der Waals surface area contributed by atoms with Crippen molar-refractivity contribution in [1.29, 1.82) is 0 Å². The summed E-state index contributed by atoms with van der Waals surface area (Å²) >= 11 is 12.4. The van der Waals surface area contributed by atoms with Gasteiger partial charge in [-0.1, -0.05) is 71.7 Å². The van der Waals surface area contributed by atoms with Gasteiger partial charge in [0.05, 0.1) is 5.52 Å². The standard InChI is InChI=1S/C27H27Cl2N5/c1-19(20-7-3-2-4-8-20)30-26-23-9-5-6-10-25(23)31-27(32-26)34-15-13-33(14-16-34)18-21-11-12-22(28)17-24(21)29/h2-12,17,19H,13-16,18H2,1H3,(H,30,31,32). The van der Waals surface area contributed by atoms with E-state index in [4.69, 9.17) is 33.2 Å². The summed E-state index contributed by atoms with van der Waals surface area (Å²) in [7, 11) is 0. The van der Waals surface area contributed by atoms with Crippen molar-refractivity contribution >= 4 is 45.9 Å². The molecular weight excluding hydrogens is 465 g/mol. The largest absolute Gasteiger partial charge is 0.363 e. The molecule has 0 aliphatic carbocycles. The van der Waals surface area contributed by atoms with Crippen LogP contribution in [0.1, 0.15) is 24.1 Å². The Hall–Kier alpha value is -2.86. The van der Waals surface area contributed by atoms with Crippen LogP contribution in [0.25, 0.3) is 10.9 Å². The van der Waals surface area contributed by atoms with E-state index < -0.39 is 0 Å². The fraction of sp³-hybridized carbons (Fsp3) is 0.259. The molecule has 1 aromatic heterocycles. The molecule has 1 aliphatic heterocycles. The molecule has 5 nitrogen and oxygen atoms in total. The van der Waals surface area contributed by atoms with Gasteiger partial charge in [0, 0.05) is 54.2 Å². The number of benzene rings is 3. The first-order valence-corrected chi connectivity index (χ1v) is 12.3. The van der Waals surface area contributed by atoms with Gasteiger partial charge in [-0.3, -0.25) is 4.90 Å². The molecule has 1 N–H and O–H groups in total. The van der Waals surface area contributed by atoms with Crippen LogP contribution >= 0.6 is 23.2 Å². The van der Waals surface area contributed by atoms with Gasteiger partial charge in [0.1, 0.15) is 5.82 Å². The summed E-state index contributed by atoms with van der Waals surface area (Å²) < 4.78 is 0. The van der Waals surface area contributed by atoms with Crippen molar-refractivity contribution in [3.8, 4) is 0 Å². The molecule has 1 fully saturated rings. The first-order valence-electron chi connectivity index (χ1n) is 11.6. The normalized spacial score (nSPS) is 15.4. The van der Waals surface area contributed by atoms with E-state index in [0.29, 0.717) is 5.02 Å². The van der Waals surface area contributed by atoms with Gasteiger partial charge in [0.15, 0.2) is 0 Å². The van der Waals surface area contributed by atoms with Crippen molar-refractivity contribution in [3.05, 3.63) is 94.0 Å². The summed E-state index contributed by atoms with van der Waals surface area (Å²) in [5.41, 5.74) is 3.27. The minimum absolute atomic E-state index is 0.133. The van der Waals surface area contributed by atoms with Crippen molar-refractivity contribution in [2.24, 2.45) is 0 Å². The fourth-order valence-corrected chi connectivity index (χ4v) is 4.81. The van der Waals surface area contributed by atoms with Gasteiger partial charge in [0.2, 0.25) is 5.95 Å². The van der Waals surface area contributed by atoms with Crippen molar-refractivity contribution in [3.63, 3.8) is 0 Å². The maximum absolute atomic E-state index is 6.38. The first-order chi connectivity index (χ1) is 16.6. The number of piperazine rings is 1. The average Bonchev–Trinajstić information content (AvgIpc) is 2.86. The average molecular weight is 492 g/mol. The lowest BCUT2D eigenvalue weighted by molar-refractivity contribution is 0.249. The Balaban J connectivity index is 1.33. The summed E-state index contributed by atoms with van der Waals surface area (Å²) in [6, 6.07) is 24.5. The Labute approximate surface area is 210 Å². The predicted octanol–water partition coefficient (Wildman–Crippen LogP) is 6.43. The van der Waals surface area contributed by atoms with Crippen molar-refractivity contribution in [2.45, 2.75) is 19.5 Å². The van der Waals surface area contributed by atoms with Crippen LogP contribution in [0.4, 0.5) is 11.8 Å². The van der Waals surface area contributed by atoms with Crippen molar-refractivity contribution in [1.82, 2.24) is 14.9 Å². The highest BCUT2D eigenvalue weighted by Gasteiger charge is 2.21. The highest BCUT2D eigenvalue weighted by molar-refractivity contribution is 6.35. The Morgan fingerprint density at radius 1 is 0.882 bits per heavy atom. The Bertz CT molecular complexity index is 1270. The SMILES string of the molecule is CC(Nc1nc(N2CCN(Cc3ccc(Cl)cc3Cl)CC2)nc2ccccc12)c1ccccc1. The summed E-state index contributed by atoms with van der Waals surface area (Å²) in [5.74, 6) is 1.64. The van der Waals surface area contributed by atoms with Crippen LogP contribution in [-0.4, -0.2) is 41.0 Å². The van der Waals surface area contributed by atoms with Gasteiger partial charge in [-0.25, -0.2) is 4.98 Å². The summed E-state index contributed by atoms with van der Waals surface area (Å²) in [6.45, 7) is 6.52. The van der Waals surface area contributed by atoms with Crippen LogP contribution < -0.4 is 10.2 Å². The van der Waals surface area contributed by atoms with Gasteiger partial charge >= 0.3 is 0 Å². The third-order valence-electron chi connectivity index (χ3n) is 6.31. The lowest BCUT2D eigenvalue weighted by atomic mass is 10.1. The zero-order valence-corrected chi connectivity index (χ0v) is 20.6. The van der Waals surface area contributed by atoms with E-state index >= 15 is 0 Å². The van der Waals surface area contributed by atoms with Crippen molar-refractivity contribution < 1.29 is 0 Å². The minimum Gasteiger partial charge on any atom is -0.363 e. The molecule has 0 radical (unpaired) electrons. The van der Waals surface area contributed by atoms with Gasteiger partial charge in [-0.15, -0.1) is 0 Å². The topological polar surface area (TPSA) is 44.3 Å². The second-order valence-electron chi connectivity index (χ2n) is 8.66. The molecule has 0 bridgehead atoms. The second kappa shape index (κ2) is 10.2. The molecular formula is C27H27Cl2N5. The summed E-state index contributed by atoms with van der Waals surface area (Å²) in [6.07, 6.45) is 0. The molecule has 174 valence electrons. The summed E-state index contributed by atoms with van der Waals surface area (Å²) in [4.78, 5) is 14.5. The van der Waals surface area contributed by atoms with Crippen LogP contribution in [0.5, 0.6) is 0 Å². The third kappa shape index (κ3) is 5.12. The molecule has 4 aromatic rings. The molecule has 0 spiro atoms. The molecule has 5 rings (SSSR count). The van der Waals surface area contributed by atoms with E-state index in [1.165, 1.54) is 5.56 Å². The van der Waals surface area contributed by atoms with Crippen LogP contribution in [0.2, 0.25) is 10.0 Å². The predicted molar refractivity (Wildman–Crippen MR) is 142 cm³/mol. The maximum Gasteiger partial charge on any atom is 0.227 e. The lowest BCUT2D eigenvalue weighted by Gasteiger charge is -2.35. The molecule has 7 heteroatoms. The Kier molecular flexibility index (Phi) is 6.86. The van der Waals surface area contributed by atoms with Crippen LogP contribution in [-0.2, 0) is 6.54 Å². The van der Waals surface area contributed by atoms with E-state index in [2.05, 4.69) is 58.4 Å². The van der Waals surface area contributed by atoms with E-state index in [-0.39, 0.29) is 6.04 Å². The zero-order chi connectivity index (χ0) is 23.5. The smallest absolute Gasteiger partial charge is 0.227 e. The molecule has 1 atom stereocenters. The number of aromatic nitrogens is 2. The highest BCUT2D eigenvalue weighted by Crippen LogP contribution is 2.28. The molecule has 0 amide bonds. The Morgan fingerprint density at radius 3 is 2.38 bits per heavy atom. The van der Waals surface area contributed by atoms with Crippen LogP contribution in [0.15, 0.2) is 72.8 Å². The molecule has 1 aliphatic rings. The molecule has 1 saturated heterocycles. The number of rotatable bonds is 6. The molecule has 34 heavy (non-hydrogen) atoms. The van der Waals surface area contributed by atoms with Gasteiger partial charge in [-0.05, 0) is 42.3 Å². The number of anilines is 2. The second-order valence-corrected chi connectivity index (χ2v) is 9.51. The van der Waals surface area contributed by atoms with Gasteiger partial charge in [-0.2, -0.15) is 4.98 Å². The molecule has 3 aromatic carbocycles. The fourth-order valence-electron chi connectivity index (χ4n) is 4.34. The number of halogens is 2. The number of hydrogen-bond donors (Lipinski definition) is 1. The maximum atomic E-state index is 6.38.